The van der Waals surface area contributed by atoms with Crippen molar-refractivity contribution in [1.82, 2.24) is 4.90 Å². The van der Waals surface area contributed by atoms with Crippen molar-refractivity contribution >= 4 is 0 Å². The van der Waals surface area contributed by atoms with Crippen molar-refractivity contribution in [2.24, 2.45) is 0 Å². The van der Waals surface area contributed by atoms with Gasteiger partial charge in [-0.05, 0) is 18.5 Å². The highest BCUT2D eigenvalue weighted by Crippen LogP contribution is 2.01. The molecule has 0 aromatic heterocycles. The summed E-state index contributed by atoms with van der Waals surface area (Å²) in [7, 11) is 0. The van der Waals surface area contributed by atoms with Crippen LogP contribution in [0.1, 0.15) is 18.9 Å². The Balaban J connectivity index is 2.31. The molecule has 2 nitrogen and oxygen atoms in total. The van der Waals surface area contributed by atoms with Crippen molar-refractivity contribution in [2.45, 2.75) is 19.8 Å². The molecule has 0 radical (unpaired) electrons. The molecule has 1 aromatic carbocycles. The standard InChI is InChI=1S/C13H18N2/c1-2-15(11-6-10-14)12-9-13-7-4-3-5-8-13/h3-5,7-8H,2,6,9,11-12H2,1H3. The number of benzene rings is 1. The first kappa shape index (κ1) is 11.7. The molecule has 0 fully saturated rings. The monoisotopic (exact) mass is 202 g/mol. The summed E-state index contributed by atoms with van der Waals surface area (Å²) in [6.07, 6.45) is 1.70. The Morgan fingerprint density at radius 2 is 1.93 bits per heavy atom. The molecule has 0 aliphatic rings. The van der Waals surface area contributed by atoms with Gasteiger partial charge in [-0.1, -0.05) is 37.3 Å². The van der Waals surface area contributed by atoms with Gasteiger partial charge in [0.05, 0.1) is 6.07 Å². The van der Waals surface area contributed by atoms with Gasteiger partial charge in [-0.25, -0.2) is 0 Å². The van der Waals surface area contributed by atoms with E-state index in [-0.39, 0.29) is 0 Å². The van der Waals surface area contributed by atoms with Crippen LogP contribution in [0.25, 0.3) is 0 Å². The van der Waals surface area contributed by atoms with Crippen LogP contribution in [0.5, 0.6) is 0 Å². The Morgan fingerprint density at radius 1 is 1.20 bits per heavy atom. The summed E-state index contributed by atoms with van der Waals surface area (Å²) in [5, 5.41) is 8.52. The van der Waals surface area contributed by atoms with Crippen LogP contribution >= 0.6 is 0 Å². The van der Waals surface area contributed by atoms with Crippen LogP contribution in [0.2, 0.25) is 0 Å². The van der Waals surface area contributed by atoms with Crippen molar-refractivity contribution in [1.29, 1.82) is 5.26 Å². The minimum atomic E-state index is 0.628. The lowest BCUT2D eigenvalue weighted by molar-refractivity contribution is 0.298. The van der Waals surface area contributed by atoms with E-state index in [1.54, 1.807) is 0 Å². The third kappa shape index (κ3) is 4.62. The maximum atomic E-state index is 8.52. The van der Waals surface area contributed by atoms with Gasteiger partial charge in [-0.15, -0.1) is 0 Å². The first-order chi connectivity index (χ1) is 7.36. The second-order valence-corrected chi connectivity index (χ2v) is 3.58. The molecule has 2 heteroatoms. The molecule has 0 saturated heterocycles. The van der Waals surface area contributed by atoms with E-state index >= 15 is 0 Å². The molecule has 1 aromatic rings. The Bertz CT molecular complexity index is 300. The van der Waals surface area contributed by atoms with Crippen molar-refractivity contribution < 1.29 is 0 Å². The summed E-state index contributed by atoms with van der Waals surface area (Å²) in [5.74, 6) is 0. The van der Waals surface area contributed by atoms with E-state index in [0.717, 1.165) is 26.1 Å². The Hall–Kier alpha value is -1.33. The fourth-order valence-corrected chi connectivity index (χ4v) is 1.57. The number of hydrogen-bond acceptors (Lipinski definition) is 2. The number of likely N-dealkylation sites (N-methyl/N-ethyl adjacent to an activating group) is 1. The predicted octanol–water partition coefficient (Wildman–Crippen LogP) is 2.46. The Labute approximate surface area is 92.1 Å². The van der Waals surface area contributed by atoms with E-state index in [0.29, 0.717) is 6.42 Å². The first-order valence-corrected chi connectivity index (χ1v) is 5.50. The van der Waals surface area contributed by atoms with Crippen LogP contribution in [0.3, 0.4) is 0 Å². The van der Waals surface area contributed by atoms with Crippen LogP contribution < -0.4 is 0 Å². The second-order valence-electron chi connectivity index (χ2n) is 3.58. The van der Waals surface area contributed by atoms with E-state index in [4.69, 9.17) is 5.26 Å². The van der Waals surface area contributed by atoms with Gasteiger partial charge < -0.3 is 4.90 Å². The molecule has 0 atom stereocenters. The quantitative estimate of drug-likeness (QED) is 0.708. The molecule has 0 unspecified atom stereocenters. The zero-order valence-corrected chi connectivity index (χ0v) is 9.32. The highest BCUT2D eigenvalue weighted by Gasteiger charge is 2.01. The number of rotatable bonds is 6. The third-order valence-corrected chi connectivity index (χ3v) is 2.55. The molecule has 0 saturated carbocycles. The Kier molecular flexibility index (Phi) is 5.50. The van der Waals surface area contributed by atoms with Crippen LogP contribution in [-0.4, -0.2) is 24.5 Å². The minimum Gasteiger partial charge on any atom is -0.302 e. The van der Waals surface area contributed by atoms with Gasteiger partial charge in [0.15, 0.2) is 0 Å². The molecule has 0 spiro atoms. The summed E-state index contributed by atoms with van der Waals surface area (Å²) in [4.78, 5) is 2.32. The summed E-state index contributed by atoms with van der Waals surface area (Å²) >= 11 is 0. The third-order valence-electron chi connectivity index (χ3n) is 2.55. The van der Waals surface area contributed by atoms with Gasteiger partial charge >= 0.3 is 0 Å². The van der Waals surface area contributed by atoms with Gasteiger partial charge in [-0.2, -0.15) is 5.26 Å². The lowest BCUT2D eigenvalue weighted by atomic mass is 10.1. The molecule has 15 heavy (non-hydrogen) atoms. The average Bonchev–Trinajstić information content (AvgIpc) is 2.31. The average molecular weight is 202 g/mol. The summed E-state index contributed by atoms with van der Waals surface area (Å²) in [6, 6.07) is 12.7. The number of hydrogen-bond donors (Lipinski definition) is 0. The lowest BCUT2D eigenvalue weighted by Gasteiger charge is -2.18. The SMILES string of the molecule is CCN(CCC#N)CCc1ccccc1. The van der Waals surface area contributed by atoms with Gasteiger partial charge in [0.2, 0.25) is 0 Å². The molecule has 0 aliphatic carbocycles. The summed E-state index contributed by atoms with van der Waals surface area (Å²) < 4.78 is 0. The molecule has 0 bridgehead atoms. The molecule has 80 valence electrons. The predicted molar refractivity (Wildman–Crippen MR) is 62.5 cm³/mol. The molecule has 0 aliphatic heterocycles. The highest BCUT2D eigenvalue weighted by molar-refractivity contribution is 5.14. The van der Waals surface area contributed by atoms with Gasteiger partial charge in [0.25, 0.3) is 0 Å². The van der Waals surface area contributed by atoms with Crippen LogP contribution in [-0.2, 0) is 6.42 Å². The lowest BCUT2D eigenvalue weighted by Crippen LogP contribution is -2.26. The first-order valence-electron chi connectivity index (χ1n) is 5.50. The molecule has 0 N–H and O–H groups in total. The highest BCUT2D eigenvalue weighted by atomic mass is 15.1. The van der Waals surface area contributed by atoms with E-state index in [1.807, 2.05) is 6.07 Å². The maximum Gasteiger partial charge on any atom is 0.0635 e. The van der Waals surface area contributed by atoms with Gasteiger partial charge in [0, 0.05) is 19.5 Å². The fourth-order valence-electron chi connectivity index (χ4n) is 1.57. The normalized spacial score (nSPS) is 10.2. The zero-order chi connectivity index (χ0) is 10.9. The molecule has 0 amide bonds. The van der Waals surface area contributed by atoms with Crippen LogP contribution in [0.15, 0.2) is 30.3 Å². The van der Waals surface area contributed by atoms with E-state index in [1.165, 1.54) is 5.56 Å². The van der Waals surface area contributed by atoms with E-state index in [2.05, 4.69) is 42.2 Å². The van der Waals surface area contributed by atoms with Crippen molar-refractivity contribution in [3.63, 3.8) is 0 Å². The van der Waals surface area contributed by atoms with Crippen molar-refractivity contribution in [3.8, 4) is 6.07 Å². The number of nitriles is 1. The van der Waals surface area contributed by atoms with E-state index in [9.17, 15) is 0 Å². The molecular formula is C13H18N2. The maximum absolute atomic E-state index is 8.52. The minimum absolute atomic E-state index is 0.628. The molecule has 0 heterocycles. The number of nitrogens with zero attached hydrogens (tertiary/aromatic N) is 2. The van der Waals surface area contributed by atoms with E-state index < -0.39 is 0 Å². The van der Waals surface area contributed by atoms with Crippen molar-refractivity contribution in [2.75, 3.05) is 19.6 Å². The van der Waals surface area contributed by atoms with Crippen molar-refractivity contribution in [3.05, 3.63) is 35.9 Å². The smallest absolute Gasteiger partial charge is 0.0635 e. The van der Waals surface area contributed by atoms with Crippen LogP contribution in [0, 0.1) is 11.3 Å². The zero-order valence-electron chi connectivity index (χ0n) is 9.32. The fraction of sp³-hybridized carbons (Fsp3) is 0.462. The molecule has 1 rings (SSSR count). The largest absolute Gasteiger partial charge is 0.302 e. The summed E-state index contributed by atoms with van der Waals surface area (Å²) in [6.45, 7) is 5.10. The summed E-state index contributed by atoms with van der Waals surface area (Å²) in [5.41, 5.74) is 1.37. The second kappa shape index (κ2) is 7.03. The topological polar surface area (TPSA) is 27.0 Å². The van der Waals surface area contributed by atoms with Gasteiger partial charge in [-0.3, -0.25) is 0 Å². The Morgan fingerprint density at radius 3 is 2.53 bits per heavy atom. The van der Waals surface area contributed by atoms with Crippen LogP contribution in [0.4, 0.5) is 0 Å². The molecular weight excluding hydrogens is 184 g/mol. The van der Waals surface area contributed by atoms with Gasteiger partial charge in [0.1, 0.15) is 0 Å².